The summed E-state index contributed by atoms with van der Waals surface area (Å²) in [7, 11) is 0. The minimum atomic E-state index is -0.798. The summed E-state index contributed by atoms with van der Waals surface area (Å²) >= 11 is 0. The van der Waals surface area contributed by atoms with Crippen molar-refractivity contribution in [3.8, 4) is 0 Å². The van der Waals surface area contributed by atoms with E-state index in [2.05, 4.69) is 24.3 Å². The van der Waals surface area contributed by atoms with E-state index in [1.807, 2.05) is 6.07 Å². The molecule has 1 aliphatic heterocycles. The number of likely N-dealkylation sites (tertiary alicyclic amines) is 1. The van der Waals surface area contributed by atoms with E-state index < -0.39 is 11.9 Å². The molecule has 1 unspecified atom stereocenters. The Hall–Kier alpha value is -1.59. The van der Waals surface area contributed by atoms with E-state index in [1.165, 1.54) is 5.56 Å². The highest BCUT2D eigenvalue weighted by atomic mass is 35.5. The molecule has 122 valence electrons. The molecule has 0 radical (unpaired) electrons. The van der Waals surface area contributed by atoms with Crippen LogP contribution in [0, 0.1) is 5.92 Å². The van der Waals surface area contributed by atoms with Gasteiger partial charge in [0.2, 0.25) is 11.8 Å². The lowest BCUT2D eigenvalue weighted by atomic mass is 9.90. The number of nitrogens with two attached hydrogens (primary N) is 2. The first-order valence-electron chi connectivity index (χ1n) is 7.43. The van der Waals surface area contributed by atoms with Crippen molar-refractivity contribution in [1.82, 2.24) is 4.90 Å². The second kappa shape index (κ2) is 8.76. The number of carbonyl (C=O) groups excluding carboxylic acids is 2. The number of primary amides is 1. The molecular weight excluding hydrogens is 302 g/mol. The van der Waals surface area contributed by atoms with Crippen molar-refractivity contribution in [3.05, 3.63) is 35.9 Å². The van der Waals surface area contributed by atoms with Crippen LogP contribution in [0.25, 0.3) is 0 Å². The zero-order valence-electron chi connectivity index (χ0n) is 12.6. The van der Waals surface area contributed by atoms with E-state index in [1.54, 1.807) is 4.90 Å². The average molecular weight is 326 g/mol. The van der Waals surface area contributed by atoms with E-state index in [9.17, 15) is 9.59 Å². The molecule has 2 amide bonds. The Morgan fingerprint density at radius 2 is 1.77 bits per heavy atom. The lowest BCUT2D eigenvalue weighted by Crippen LogP contribution is -2.48. The van der Waals surface area contributed by atoms with Gasteiger partial charge in [0.15, 0.2) is 0 Å². The molecule has 0 saturated carbocycles. The highest BCUT2D eigenvalue weighted by Crippen LogP contribution is 2.22. The van der Waals surface area contributed by atoms with Gasteiger partial charge in [-0.1, -0.05) is 30.3 Å². The van der Waals surface area contributed by atoms with Crippen LogP contribution in [0.15, 0.2) is 30.3 Å². The molecule has 1 aromatic carbocycles. The fourth-order valence-corrected chi connectivity index (χ4v) is 2.84. The molecule has 6 heteroatoms. The molecule has 1 fully saturated rings. The van der Waals surface area contributed by atoms with Crippen molar-refractivity contribution in [2.45, 2.75) is 31.7 Å². The number of amides is 2. The van der Waals surface area contributed by atoms with Gasteiger partial charge in [-0.15, -0.1) is 12.4 Å². The van der Waals surface area contributed by atoms with Crippen molar-refractivity contribution in [1.29, 1.82) is 0 Å². The molecule has 1 aliphatic rings. The summed E-state index contributed by atoms with van der Waals surface area (Å²) in [4.78, 5) is 24.7. The maximum absolute atomic E-state index is 12.1. The van der Waals surface area contributed by atoms with Gasteiger partial charge in [-0.3, -0.25) is 9.59 Å². The molecule has 0 aromatic heterocycles. The van der Waals surface area contributed by atoms with Crippen LogP contribution < -0.4 is 11.5 Å². The SMILES string of the molecule is Cl.NC(=O)CC(N)C(=O)N1CCC(Cc2ccccc2)CC1. The van der Waals surface area contributed by atoms with Crippen molar-refractivity contribution < 1.29 is 9.59 Å². The maximum Gasteiger partial charge on any atom is 0.240 e. The maximum atomic E-state index is 12.1. The summed E-state index contributed by atoms with van der Waals surface area (Å²) < 4.78 is 0. The standard InChI is InChI=1S/C16H23N3O2.ClH/c17-14(11-15(18)20)16(21)19-8-6-13(7-9-19)10-12-4-2-1-3-5-12;/h1-5,13-14H,6-11,17H2,(H2,18,20);1H. The Morgan fingerprint density at radius 1 is 1.18 bits per heavy atom. The van der Waals surface area contributed by atoms with Crippen LogP contribution in [-0.2, 0) is 16.0 Å². The van der Waals surface area contributed by atoms with Gasteiger partial charge in [0.25, 0.3) is 0 Å². The largest absolute Gasteiger partial charge is 0.370 e. The lowest BCUT2D eigenvalue weighted by Gasteiger charge is -2.33. The predicted octanol–water partition coefficient (Wildman–Crippen LogP) is 1.09. The quantitative estimate of drug-likeness (QED) is 0.849. The number of hydrogen-bond donors (Lipinski definition) is 2. The van der Waals surface area contributed by atoms with Gasteiger partial charge in [0.1, 0.15) is 0 Å². The molecule has 4 N–H and O–H groups in total. The fourth-order valence-electron chi connectivity index (χ4n) is 2.84. The van der Waals surface area contributed by atoms with Crippen molar-refractivity contribution in [3.63, 3.8) is 0 Å². The molecule has 1 atom stereocenters. The third kappa shape index (κ3) is 5.31. The Kier molecular flexibility index (Phi) is 7.35. The normalized spacial score (nSPS) is 16.7. The molecule has 1 heterocycles. The van der Waals surface area contributed by atoms with Gasteiger partial charge in [0, 0.05) is 13.1 Å². The molecule has 0 aliphatic carbocycles. The van der Waals surface area contributed by atoms with Crippen LogP contribution in [-0.4, -0.2) is 35.8 Å². The second-order valence-corrected chi connectivity index (χ2v) is 5.74. The molecule has 1 aromatic rings. The number of piperidine rings is 1. The van der Waals surface area contributed by atoms with Gasteiger partial charge < -0.3 is 16.4 Å². The summed E-state index contributed by atoms with van der Waals surface area (Å²) in [5.74, 6) is -0.0920. The van der Waals surface area contributed by atoms with Gasteiger partial charge in [-0.05, 0) is 30.7 Å². The Bertz CT molecular complexity index is 487. The Balaban J connectivity index is 0.00000242. The van der Waals surface area contributed by atoms with Gasteiger partial charge in [0.05, 0.1) is 12.5 Å². The number of benzene rings is 1. The topological polar surface area (TPSA) is 89.4 Å². The van der Waals surface area contributed by atoms with Crippen LogP contribution in [0.4, 0.5) is 0 Å². The number of nitrogens with zero attached hydrogens (tertiary/aromatic N) is 1. The van der Waals surface area contributed by atoms with Crippen molar-refractivity contribution in [2.24, 2.45) is 17.4 Å². The summed E-state index contributed by atoms with van der Waals surface area (Å²) in [6.07, 6.45) is 2.92. The number of hydrogen-bond acceptors (Lipinski definition) is 3. The molecule has 1 saturated heterocycles. The van der Waals surface area contributed by atoms with E-state index in [0.717, 1.165) is 19.3 Å². The average Bonchev–Trinajstić information content (AvgIpc) is 2.47. The first kappa shape index (κ1) is 18.5. The number of rotatable bonds is 5. The fraction of sp³-hybridized carbons (Fsp3) is 0.500. The minimum absolute atomic E-state index is 0. The van der Waals surface area contributed by atoms with Crippen molar-refractivity contribution >= 4 is 24.2 Å². The number of carbonyl (C=O) groups is 2. The lowest BCUT2D eigenvalue weighted by molar-refractivity contribution is -0.135. The van der Waals surface area contributed by atoms with Crippen LogP contribution in [0.2, 0.25) is 0 Å². The Morgan fingerprint density at radius 3 is 2.32 bits per heavy atom. The van der Waals surface area contributed by atoms with E-state index in [0.29, 0.717) is 19.0 Å². The highest BCUT2D eigenvalue weighted by molar-refractivity contribution is 5.87. The first-order chi connectivity index (χ1) is 10.1. The van der Waals surface area contributed by atoms with Crippen LogP contribution >= 0.6 is 12.4 Å². The monoisotopic (exact) mass is 325 g/mol. The Labute approximate surface area is 137 Å². The highest BCUT2D eigenvalue weighted by Gasteiger charge is 2.27. The summed E-state index contributed by atoms with van der Waals surface area (Å²) in [6.45, 7) is 1.42. The van der Waals surface area contributed by atoms with Crippen LogP contribution in [0.3, 0.4) is 0 Å². The van der Waals surface area contributed by atoms with Gasteiger partial charge in [-0.2, -0.15) is 0 Å². The zero-order valence-corrected chi connectivity index (χ0v) is 13.4. The number of halogens is 1. The smallest absolute Gasteiger partial charge is 0.240 e. The van der Waals surface area contributed by atoms with E-state index in [4.69, 9.17) is 11.5 Å². The summed E-state index contributed by atoms with van der Waals surface area (Å²) in [6, 6.07) is 9.60. The van der Waals surface area contributed by atoms with Crippen LogP contribution in [0.5, 0.6) is 0 Å². The molecule has 0 bridgehead atoms. The van der Waals surface area contributed by atoms with E-state index >= 15 is 0 Å². The van der Waals surface area contributed by atoms with Gasteiger partial charge >= 0.3 is 0 Å². The minimum Gasteiger partial charge on any atom is -0.370 e. The summed E-state index contributed by atoms with van der Waals surface area (Å²) in [5, 5.41) is 0. The van der Waals surface area contributed by atoms with E-state index in [-0.39, 0.29) is 24.7 Å². The zero-order chi connectivity index (χ0) is 15.2. The summed E-state index contributed by atoms with van der Waals surface area (Å²) in [5.41, 5.74) is 12.1. The third-order valence-corrected chi connectivity index (χ3v) is 4.03. The first-order valence-corrected chi connectivity index (χ1v) is 7.43. The molecule has 2 rings (SSSR count). The van der Waals surface area contributed by atoms with Gasteiger partial charge in [-0.25, -0.2) is 0 Å². The molecular formula is C16H24ClN3O2. The van der Waals surface area contributed by atoms with Crippen LogP contribution in [0.1, 0.15) is 24.8 Å². The van der Waals surface area contributed by atoms with Crippen molar-refractivity contribution in [2.75, 3.05) is 13.1 Å². The predicted molar refractivity (Wildman–Crippen MR) is 88.5 cm³/mol. The molecule has 22 heavy (non-hydrogen) atoms. The molecule has 5 nitrogen and oxygen atoms in total. The third-order valence-electron chi connectivity index (χ3n) is 4.03. The second-order valence-electron chi connectivity index (χ2n) is 5.74. The molecule has 0 spiro atoms.